The number of imidazole rings is 1. The Morgan fingerprint density at radius 3 is 2.03 bits per heavy atom. The van der Waals surface area contributed by atoms with Crippen LogP contribution in [-0.4, -0.2) is 27.0 Å². The van der Waals surface area contributed by atoms with Gasteiger partial charge in [-0.1, -0.05) is 48.5 Å². The zero-order valence-electron chi connectivity index (χ0n) is 16.9. The van der Waals surface area contributed by atoms with Crippen LogP contribution in [-0.2, 0) is 9.59 Å². The quantitative estimate of drug-likeness (QED) is 0.271. The molecule has 0 aliphatic heterocycles. The van der Waals surface area contributed by atoms with Crippen LogP contribution < -0.4 is 11.0 Å². The van der Waals surface area contributed by atoms with Gasteiger partial charge in [-0.3, -0.25) is 9.59 Å². The SMILES string of the molecule is O=CPc1ccc(-c2ccc3cc(-c4ccc(-c5cnc(PC=O)[nH]5)cc4)ccc3c2)[nH]1. The van der Waals surface area contributed by atoms with Crippen molar-refractivity contribution in [2.45, 2.75) is 0 Å². The fourth-order valence-electron chi connectivity index (χ4n) is 3.74. The van der Waals surface area contributed by atoms with Crippen molar-refractivity contribution in [2.75, 3.05) is 0 Å². The minimum absolute atomic E-state index is 0.0463. The van der Waals surface area contributed by atoms with Crippen molar-refractivity contribution in [3.63, 3.8) is 0 Å². The highest BCUT2D eigenvalue weighted by molar-refractivity contribution is 7.62. The maximum atomic E-state index is 10.7. The Morgan fingerprint density at radius 1 is 0.625 bits per heavy atom. The molecule has 3 aromatic carbocycles. The molecule has 7 heteroatoms. The van der Waals surface area contributed by atoms with E-state index in [9.17, 15) is 9.59 Å². The van der Waals surface area contributed by atoms with Crippen molar-refractivity contribution in [1.82, 2.24) is 15.0 Å². The fourth-order valence-corrected chi connectivity index (χ4v) is 4.71. The van der Waals surface area contributed by atoms with Gasteiger partial charge in [0, 0.05) is 19.7 Å². The molecule has 0 spiro atoms. The molecule has 0 saturated heterocycles. The molecular weight excluding hydrogens is 436 g/mol. The van der Waals surface area contributed by atoms with Crippen molar-refractivity contribution in [3.8, 4) is 33.6 Å². The molecular formula is C25H19N3O2P2. The number of hydrogen-bond donors (Lipinski definition) is 2. The summed E-state index contributed by atoms with van der Waals surface area (Å²) >= 11 is 0. The third-order valence-electron chi connectivity index (χ3n) is 5.35. The van der Waals surface area contributed by atoms with Crippen LogP contribution in [0.15, 0.2) is 79.0 Å². The van der Waals surface area contributed by atoms with Gasteiger partial charge in [0.15, 0.2) is 0 Å². The molecule has 0 saturated carbocycles. The van der Waals surface area contributed by atoms with Crippen LogP contribution in [0.3, 0.4) is 0 Å². The second-order valence-corrected chi connectivity index (χ2v) is 9.37. The van der Waals surface area contributed by atoms with Crippen LogP contribution in [0.4, 0.5) is 0 Å². The molecule has 156 valence electrons. The van der Waals surface area contributed by atoms with Crippen LogP contribution in [0.2, 0.25) is 0 Å². The molecule has 2 aromatic heterocycles. The summed E-state index contributed by atoms with van der Waals surface area (Å²) in [6.45, 7) is 0. The van der Waals surface area contributed by atoms with Crippen LogP contribution in [0.5, 0.6) is 0 Å². The van der Waals surface area contributed by atoms with Crippen molar-refractivity contribution >= 4 is 51.0 Å². The van der Waals surface area contributed by atoms with E-state index in [4.69, 9.17) is 0 Å². The molecule has 0 aliphatic carbocycles. The van der Waals surface area contributed by atoms with Gasteiger partial charge in [-0.25, -0.2) is 4.98 Å². The van der Waals surface area contributed by atoms with Crippen LogP contribution in [0.25, 0.3) is 44.4 Å². The van der Waals surface area contributed by atoms with Crippen LogP contribution in [0.1, 0.15) is 0 Å². The third kappa shape index (κ3) is 4.18. The lowest BCUT2D eigenvalue weighted by Crippen LogP contribution is -1.97. The standard InChI is InChI=1S/C25H19N3O2P2/c29-14-31-24-10-9-22(27-24)21-8-7-19-11-18(5-6-20(19)12-21)16-1-3-17(4-2-16)23-13-26-25(28-23)32-15-30/h1-15,27,31-32H,(H,26,28). The van der Waals surface area contributed by atoms with Crippen LogP contribution >= 0.6 is 17.2 Å². The predicted molar refractivity (Wildman–Crippen MR) is 136 cm³/mol. The summed E-state index contributed by atoms with van der Waals surface area (Å²) in [5.74, 6) is 0. The highest BCUT2D eigenvalue weighted by atomic mass is 31.1. The number of aromatic nitrogens is 3. The molecule has 2 heterocycles. The number of hydrogen-bond acceptors (Lipinski definition) is 3. The molecule has 0 amide bonds. The number of aromatic amines is 2. The average molecular weight is 455 g/mol. The van der Waals surface area contributed by atoms with Gasteiger partial charge >= 0.3 is 0 Å². The Labute approximate surface area is 188 Å². The summed E-state index contributed by atoms with van der Waals surface area (Å²) in [6, 6.07) is 27.0. The molecule has 5 rings (SSSR count). The smallest absolute Gasteiger partial charge is 0.146 e. The number of fused-ring (bicyclic) bond motifs is 1. The molecule has 2 atom stereocenters. The summed E-state index contributed by atoms with van der Waals surface area (Å²) in [5.41, 5.74) is 8.01. The first kappa shape index (κ1) is 20.5. The summed E-state index contributed by atoms with van der Waals surface area (Å²) < 4.78 is 0. The van der Waals surface area contributed by atoms with Gasteiger partial charge < -0.3 is 9.97 Å². The number of nitrogens with one attached hydrogen (secondary N) is 2. The zero-order valence-corrected chi connectivity index (χ0v) is 18.9. The Morgan fingerprint density at radius 2 is 1.28 bits per heavy atom. The van der Waals surface area contributed by atoms with Gasteiger partial charge in [0.2, 0.25) is 0 Å². The number of H-pyrrole nitrogens is 2. The van der Waals surface area contributed by atoms with E-state index in [0.717, 1.165) is 56.5 Å². The van der Waals surface area contributed by atoms with Gasteiger partial charge in [0.1, 0.15) is 17.6 Å². The van der Waals surface area contributed by atoms with Crippen molar-refractivity contribution in [1.29, 1.82) is 0 Å². The second-order valence-electron chi connectivity index (χ2n) is 7.31. The van der Waals surface area contributed by atoms with Gasteiger partial charge in [0.25, 0.3) is 0 Å². The zero-order chi connectivity index (χ0) is 21.9. The highest BCUT2D eigenvalue weighted by Gasteiger charge is 2.07. The molecule has 5 nitrogen and oxygen atoms in total. The lowest BCUT2D eigenvalue weighted by atomic mass is 9.98. The van der Waals surface area contributed by atoms with Gasteiger partial charge in [0.05, 0.1) is 11.9 Å². The number of nitrogens with zero attached hydrogens (tertiary/aromatic N) is 1. The van der Waals surface area contributed by atoms with Gasteiger partial charge in [-0.15, -0.1) is 0 Å². The van der Waals surface area contributed by atoms with Gasteiger partial charge in [-0.05, 0) is 65.9 Å². The first-order chi connectivity index (χ1) is 15.7. The lowest BCUT2D eigenvalue weighted by molar-refractivity contribution is 0.569. The Kier molecular flexibility index (Phi) is 5.77. The van der Waals surface area contributed by atoms with Crippen molar-refractivity contribution < 1.29 is 9.59 Å². The largest absolute Gasteiger partial charge is 0.355 e. The van der Waals surface area contributed by atoms with E-state index < -0.39 is 0 Å². The van der Waals surface area contributed by atoms with E-state index in [1.165, 1.54) is 5.39 Å². The molecule has 0 bridgehead atoms. The molecule has 32 heavy (non-hydrogen) atoms. The number of carbonyl (C=O) groups is 2. The maximum absolute atomic E-state index is 10.7. The van der Waals surface area contributed by atoms with E-state index in [1.54, 1.807) is 6.20 Å². The summed E-state index contributed by atoms with van der Waals surface area (Å²) in [4.78, 5) is 32.2. The summed E-state index contributed by atoms with van der Waals surface area (Å²) in [5, 5.41) is 2.34. The molecule has 2 N–H and O–H groups in total. The van der Waals surface area contributed by atoms with Crippen LogP contribution in [0, 0.1) is 0 Å². The average Bonchev–Trinajstić information content (AvgIpc) is 3.49. The Hall–Kier alpha value is -3.39. The first-order valence-electron chi connectivity index (χ1n) is 10.0. The number of benzene rings is 3. The monoisotopic (exact) mass is 455 g/mol. The maximum Gasteiger partial charge on any atom is 0.146 e. The van der Waals surface area contributed by atoms with Crippen molar-refractivity contribution in [2.24, 2.45) is 0 Å². The Bertz CT molecular complexity index is 1420. The number of rotatable bonds is 7. The third-order valence-corrected chi connectivity index (χ3v) is 6.72. The normalized spacial score (nSPS) is 11.8. The van der Waals surface area contributed by atoms with E-state index in [-0.39, 0.29) is 17.2 Å². The van der Waals surface area contributed by atoms with Gasteiger partial charge in [-0.2, -0.15) is 0 Å². The minimum Gasteiger partial charge on any atom is -0.355 e. The molecule has 2 unspecified atom stereocenters. The molecule has 0 aliphatic rings. The first-order valence-corrected chi connectivity index (χ1v) is 12.2. The lowest BCUT2D eigenvalue weighted by Gasteiger charge is -2.07. The predicted octanol–water partition coefficient (Wildman–Crippen LogP) is 4.88. The molecule has 5 aromatic rings. The molecule has 0 radical (unpaired) electrons. The van der Waals surface area contributed by atoms with E-state index in [0.29, 0.717) is 5.57 Å². The highest BCUT2D eigenvalue weighted by Crippen LogP contribution is 2.29. The summed E-state index contributed by atoms with van der Waals surface area (Å²) in [7, 11) is 0.198. The molecule has 0 fully saturated rings. The van der Waals surface area contributed by atoms with E-state index in [1.807, 2.05) is 12.1 Å². The van der Waals surface area contributed by atoms with Crippen molar-refractivity contribution in [3.05, 3.63) is 79.0 Å². The summed E-state index contributed by atoms with van der Waals surface area (Å²) in [6.07, 6.45) is 1.76. The van der Waals surface area contributed by atoms with E-state index >= 15 is 0 Å². The fraction of sp³-hybridized carbons (Fsp3) is 0. The number of carbonyl (C=O) groups excluding carboxylic acids is 2. The Balaban J connectivity index is 1.40. The second kappa shape index (κ2) is 9.00. The topological polar surface area (TPSA) is 78.6 Å². The van der Waals surface area contributed by atoms with E-state index in [2.05, 4.69) is 75.6 Å². The minimum atomic E-state index is 0.0463.